The zero-order valence-corrected chi connectivity index (χ0v) is 13.1. The van der Waals surface area contributed by atoms with Gasteiger partial charge in [0.1, 0.15) is 0 Å². The molecule has 0 bridgehead atoms. The third-order valence-electron chi connectivity index (χ3n) is 3.43. The van der Waals surface area contributed by atoms with Crippen LogP contribution >= 0.6 is 12.4 Å². The molecule has 1 fully saturated rings. The van der Waals surface area contributed by atoms with Crippen LogP contribution in [0.1, 0.15) is 16.8 Å². The van der Waals surface area contributed by atoms with Crippen LogP contribution in [-0.4, -0.2) is 51.7 Å². The van der Waals surface area contributed by atoms with Gasteiger partial charge < -0.3 is 10.2 Å². The molecular formula is C13H19ClN2O3S. The van der Waals surface area contributed by atoms with E-state index in [1.54, 1.807) is 24.1 Å². The Morgan fingerprint density at radius 1 is 1.30 bits per heavy atom. The first kappa shape index (κ1) is 16.9. The van der Waals surface area contributed by atoms with Crippen molar-refractivity contribution in [3.8, 4) is 0 Å². The van der Waals surface area contributed by atoms with Gasteiger partial charge in [0.05, 0.1) is 4.90 Å². The number of hydrogen-bond donors (Lipinski definition) is 1. The van der Waals surface area contributed by atoms with Crippen LogP contribution < -0.4 is 5.32 Å². The number of rotatable bonds is 3. The molecule has 1 aromatic carbocycles. The first-order valence-electron chi connectivity index (χ1n) is 6.17. The highest BCUT2D eigenvalue weighted by Gasteiger charge is 2.24. The zero-order chi connectivity index (χ0) is 14.0. The Morgan fingerprint density at radius 2 is 1.90 bits per heavy atom. The van der Waals surface area contributed by atoms with E-state index in [0.29, 0.717) is 5.56 Å². The van der Waals surface area contributed by atoms with Crippen molar-refractivity contribution in [2.75, 3.05) is 26.4 Å². The number of carbonyl (C=O) groups is 1. The Hall–Kier alpha value is -1.11. The van der Waals surface area contributed by atoms with Crippen LogP contribution in [0.3, 0.4) is 0 Å². The number of likely N-dealkylation sites (N-methyl/N-ethyl adjacent to an activating group) is 1. The Labute approximate surface area is 125 Å². The SMILES string of the molecule is CN(C(=O)c1ccc(S(C)(=O)=O)cc1)[C@@H]1CCNC1.Cl. The highest BCUT2D eigenvalue weighted by atomic mass is 35.5. The molecule has 1 N–H and O–H groups in total. The molecule has 1 aromatic rings. The van der Waals surface area contributed by atoms with Crippen molar-refractivity contribution in [3.63, 3.8) is 0 Å². The smallest absolute Gasteiger partial charge is 0.253 e. The molecule has 1 atom stereocenters. The van der Waals surface area contributed by atoms with Gasteiger partial charge >= 0.3 is 0 Å². The van der Waals surface area contributed by atoms with E-state index in [1.165, 1.54) is 12.1 Å². The predicted molar refractivity (Wildman–Crippen MR) is 80.2 cm³/mol. The van der Waals surface area contributed by atoms with E-state index in [9.17, 15) is 13.2 Å². The average molecular weight is 319 g/mol. The van der Waals surface area contributed by atoms with Gasteiger partial charge in [-0.1, -0.05) is 0 Å². The number of benzene rings is 1. The Kier molecular flexibility index (Phi) is 5.56. The lowest BCUT2D eigenvalue weighted by molar-refractivity contribution is 0.0743. The lowest BCUT2D eigenvalue weighted by atomic mass is 10.1. The summed E-state index contributed by atoms with van der Waals surface area (Å²) in [4.78, 5) is 14.2. The minimum atomic E-state index is -3.22. The van der Waals surface area contributed by atoms with Gasteiger partial charge in [-0.05, 0) is 37.2 Å². The summed E-state index contributed by atoms with van der Waals surface area (Å²) < 4.78 is 22.7. The molecule has 112 valence electrons. The predicted octanol–water partition coefficient (Wildman–Crippen LogP) is 0.946. The number of amides is 1. The number of nitrogens with zero attached hydrogens (tertiary/aromatic N) is 1. The minimum absolute atomic E-state index is 0. The Balaban J connectivity index is 0.00000200. The fraction of sp³-hybridized carbons (Fsp3) is 0.462. The largest absolute Gasteiger partial charge is 0.337 e. The molecule has 1 saturated heterocycles. The van der Waals surface area contributed by atoms with E-state index < -0.39 is 9.84 Å². The second-order valence-electron chi connectivity index (χ2n) is 4.86. The first-order chi connectivity index (χ1) is 8.89. The summed E-state index contributed by atoms with van der Waals surface area (Å²) in [5.74, 6) is -0.0752. The summed E-state index contributed by atoms with van der Waals surface area (Å²) in [7, 11) is -1.43. The molecule has 1 amide bonds. The first-order valence-corrected chi connectivity index (χ1v) is 8.07. The summed E-state index contributed by atoms with van der Waals surface area (Å²) in [5.41, 5.74) is 0.516. The molecule has 1 aliphatic heterocycles. The lowest BCUT2D eigenvalue weighted by Crippen LogP contribution is -2.38. The van der Waals surface area contributed by atoms with Gasteiger partial charge in [0.2, 0.25) is 0 Å². The average Bonchev–Trinajstić information content (AvgIpc) is 2.90. The highest BCUT2D eigenvalue weighted by molar-refractivity contribution is 7.90. The van der Waals surface area contributed by atoms with Crippen LogP contribution in [0.2, 0.25) is 0 Å². The quantitative estimate of drug-likeness (QED) is 0.901. The van der Waals surface area contributed by atoms with Gasteiger partial charge in [0, 0.05) is 31.5 Å². The molecule has 20 heavy (non-hydrogen) atoms. The second kappa shape index (κ2) is 6.56. The zero-order valence-electron chi connectivity index (χ0n) is 11.5. The summed E-state index contributed by atoms with van der Waals surface area (Å²) in [6.45, 7) is 1.74. The van der Waals surface area contributed by atoms with Crippen molar-refractivity contribution >= 4 is 28.2 Å². The van der Waals surface area contributed by atoms with Crippen molar-refractivity contribution in [1.29, 1.82) is 0 Å². The van der Waals surface area contributed by atoms with E-state index in [-0.39, 0.29) is 29.3 Å². The van der Waals surface area contributed by atoms with Crippen LogP contribution in [0.15, 0.2) is 29.2 Å². The number of sulfone groups is 1. The maximum Gasteiger partial charge on any atom is 0.253 e. The van der Waals surface area contributed by atoms with E-state index >= 15 is 0 Å². The maximum atomic E-state index is 12.2. The molecule has 1 aliphatic rings. The van der Waals surface area contributed by atoms with E-state index in [1.807, 2.05) is 0 Å². The second-order valence-corrected chi connectivity index (χ2v) is 6.87. The minimum Gasteiger partial charge on any atom is -0.337 e. The van der Waals surface area contributed by atoms with Gasteiger partial charge in [0.25, 0.3) is 5.91 Å². The number of carbonyl (C=O) groups excluding carboxylic acids is 1. The van der Waals surface area contributed by atoms with Gasteiger partial charge in [0.15, 0.2) is 9.84 Å². The Morgan fingerprint density at radius 3 is 2.35 bits per heavy atom. The number of nitrogens with one attached hydrogen (secondary N) is 1. The van der Waals surface area contributed by atoms with Crippen molar-refractivity contribution < 1.29 is 13.2 Å². The molecule has 0 aliphatic carbocycles. The fourth-order valence-corrected chi connectivity index (χ4v) is 2.81. The number of halogens is 1. The molecule has 2 rings (SSSR count). The molecule has 5 nitrogen and oxygen atoms in total. The maximum absolute atomic E-state index is 12.2. The third-order valence-corrected chi connectivity index (χ3v) is 4.56. The van der Waals surface area contributed by atoms with E-state index in [4.69, 9.17) is 0 Å². The Bertz CT molecular complexity index is 566. The van der Waals surface area contributed by atoms with Gasteiger partial charge in [-0.2, -0.15) is 0 Å². The monoisotopic (exact) mass is 318 g/mol. The summed E-state index contributed by atoms with van der Waals surface area (Å²) in [5, 5.41) is 3.22. The molecule has 0 spiro atoms. The van der Waals surface area contributed by atoms with E-state index in [0.717, 1.165) is 25.8 Å². The van der Waals surface area contributed by atoms with Crippen LogP contribution in [0.5, 0.6) is 0 Å². The van der Waals surface area contributed by atoms with Crippen molar-refractivity contribution in [3.05, 3.63) is 29.8 Å². The molecule has 1 heterocycles. The standard InChI is InChI=1S/C13H18N2O3S.ClH/c1-15(11-7-8-14-9-11)13(16)10-3-5-12(6-4-10)19(2,17)18;/h3-6,11,14H,7-9H2,1-2H3;1H/t11-;/m1./s1. The van der Waals surface area contributed by atoms with Crippen molar-refractivity contribution in [1.82, 2.24) is 10.2 Å². The molecule has 7 heteroatoms. The summed E-state index contributed by atoms with van der Waals surface area (Å²) in [6.07, 6.45) is 2.10. The van der Waals surface area contributed by atoms with Crippen LogP contribution in [0, 0.1) is 0 Å². The lowest BCUT2D eigenvalue weighted by Gasteiger charge is -2.23. The number of hydrogen-bond acceptors (Lipinski definition) is 4. The third kappa shape index (κ3) is 3.71. The molecule has 0 unspecified atom stereocenters. The molecular weight excluding hydrogens is 300 g/mol. The van der Waals surface area contributed by atoms with Gasteiger partial charge in [-0.25, -0.2) is 8.42 Å². The van der Waals surface area contributed by atoms with E-state index in [2.05, 4.69) is 5.32 Å². The van der Waals surface area contributed by atoms with Crippen LogP contribution in [-0.2, 0) is 9.84 Å². The van der Waals surface area contributed by atoms with Crippen LogP contribution in [0.25, 0.3) is 0 Å². The topological polar surface area (TPSA) is 66.5 Å². The highest BCUT2D eigenvalue weighted by Crippen LogP contribution is 2.14. The van der Waals surface area contributed by atoms with Gasteiger partial charge in [-0.3, -0.25) is 4.79 Å². The molecule has 0 aromatic heterocycles. The van der Waals surface area contributed by atoms with Crippen LogP contribution in [0.4, 0.5) is 0 Å². The van der Waals surface area contributed by atoms with Crippen molar-refractivity contribution in [2.24, 2.45) is 0 Å². The fourth-order valence-electron chi connectivity index (χ4n) is 2.18. The molecule has 0 radical (unpaired) electrons. The van der Waals surface area contributed by atoms with Crippen molar-refractivity contribution in [2.45, 2.75) is 17.4 Å². The summed E-state index contributed by atoms with van der Waals surface area (Å²) in [6, 6.07) is 6.30. The molecule has 0 saturated carbocycles. The van der Waals surface area contributed by atoms with Gasteiger partial charge in [-0.15, -0.1) is 12.4 Å². The normalized spacial score (nSPS) is 18.4. The summed E-state index contributed by atoms with van der Waals surface area (Å²) >= 11 is 0.